The fraction of sp³-hybridized carbons (Fsp3) is 0.833. The van der Waals surface area contributed by atoms with E-state index >= 15 is 0 Å². The summed E-state index contributed by atoms with van der Waals surface area (Å²) in [5.74, 6) is -2.03. The van der Waals surface area contributed by atoms with Crippen molar-refractivity contribution in [1.82, 2.24) is 4.90 Å². The predicted octanol–water partition coefficient (Wildman–Crippen LogP) is -0.293. The molecule has 1 saturated heterocycles. The summed E-state index contributed by atoms with van der Waals surface area (Å²) in [6, 6.07) is 0. The summed E-state index contributed by atoms with van der Waals surface area (Å²) < 4.78 is 5.17. The molecule has 1 heterocycles. The van der Waals surface area contributed by atoms with E-state index in [-0.39, 0.29) is 12.5 Å². The zero-order valence-electron chi connectivity index (χ0n) is 10.5. The Morgan fingerprint density at radius 3 is 2.44 bits per heavy atom. The van der Waals surface area contributed by atoms with Crippen LogP contribution in [0.1, 0.15) is 19.3 Å². The molecule has 2 N–H and O–H groups in total. The van der Waals surface area contributed by atoms with Crippen LogP contribution >= 0.6 is 0 Å². The number of likely N-dealkylation sites (N-methyl/N-ethyl adjacent to an activating group) is 1. The summed E-state index contributed by atoms with van der Waals surface area (Å²) in [5.41, 5.74) is -0.893. The number of rotatable bonds is 4. The highest BCUT2D eigenvalue weighted by Crippen LogP contribution is 2.40. The van der Waals surface area contributed by atoms with Gasteiger partial charge in [0.15, 0.2) is 0 Å². The van der Waals surface area contributed by atoms with E-state index in [4.69, 9.17) is 9.84 Å². The average Bonchev–Trinajstić information content (AvgIpc) is 3.08. The van der Waals surface area contributed by atoms with Gasteiger partial charge in [-0.15, -0.1) is 0 Å². The quantitative estimate of drug-likeness (QED) is 0.722. The summed E-state index contributed by atoms with van der Waals surface area (Å²) in [5, 5.41) is 19.1. The van der Waals surface area contributed by atoms with Gasteiger partial charge in [0.25, 0.3) is 0 Å². The average molecular weight is 257 g/mol. The normalized spacial score (nSPS) is 29.7. The number of nitrogens with zero attached hydrogens (tertiary/aromatic N) is 1. The minimum atomic E-state index is -0.911. The van der Waals surface area contributed by atoms with E-state index in [1.165, 1.54) is 4.90 Å². The minimum Gasteiger partial charge on any atom is -0.481 e. The lowest BCUT2D eigenvalue weighted by molar-refractivity contribution is -0.143. The molecule has 6 heteroatoms. The van der Waals surface area contributed by atoms with Crippen molar-refractivity contribution in [3.05, 3.63) is 0 Å². The van der Waals surface area contributed by atoms with Crippen LogP contribution in [0.15, 0.2) is 0 Å². The van der Waals surface area contributed by atoms with Crippen LogP contribution in [0.3, 0.4) is 0 Å². The van der Waals surface area contributed by atoms with Crippen molar-refractivity contribution < 1.29 is 24.5 Å². The van der Waals surface area contributed by atoms with Gasteiger partial charge >= 0.3 is 5.97 Å². The van der Waals surface area contributed by atoms with Gasteiger partial charge in [0.2, 0.25) is 5.91 Å². The number of hydrogen-bond acceptors (Lipinski definition) is 4. The van der Waals surface area contributed by atoms with Gasteiger partial charge in [-0.3, -0.25) is 9.59 Å². The summed E-state index contributed by atoms with van der Waals surface area (Å²) in [4.78, 5) is 24.1. The van der Waals surface area contributed by atoms with Crippen molar-refractivity contribution >= 4 is 11.9 Å². The third kappa shape index (κ3) is 2.81. The van der Waals surface area contributed by atoms with Crippen LogP contribution in [0.5, 0.6) is 0 Å². The number of carbonyl (C=O) groups excluding carboxylic acids is 1. The molecule has 0 aromatic rings. The Kier molecular flexibility index (Phi) is 3.59. The summed E-state index contributed by atoms with van der Waals surface area (Å²) >= 11 is 0. The van der Waals surface area contributed by atoms with Gasteiger partial charge in [0.1, 0.15) is 0 Å². The first-order chi connectivity index (χ1) is 8.43. The van der Waals surface area contributed by atoms with Crippen molar-refractivity contribution in [2.24, 2.45) is 11.8 Å². The monoisotopic (exact) mass is 257 g/mol. The molecule has 2 atom stereocenters. The lowest BCUT2D eigenvalue weighted by atomic mass is 9.94. The first kappa shape index (κ1) is 13.3. The number of aliphatic hydroxyl groups is 1. The third-order valence-electron chi connectivity index (χ3n) is 3.76. The predicted molar refractivity (Wildman–Crippen MR) is 61.9 cm³/mol. The molecule has 0 unspecified atom stereocenters. The van der Waals surface area contributed by atoms with Gasteiger partial charge in [-0.2, -0.15) is 0 Å². The highest BCUT2D eigenvalue weighted by Gasteiger charge is 2.50. The van der Waals surface area contributed by atoms with E-state index < -0.39 is 23.4 Å². The van der Waals surface area contributed by atoms with Crippen molar-refractivity contribution in [2.45, 2.75) is 24.9 Å². The molecule has 2 fully saturated rings. The molecule has 6 nitrogen and oxygen atoms in total. The number of carboxylic acid groups (broad SMARTS) is 1. The van der Waals surface area contributed by atoms with Crippen molar-refractivity contribution in [3.63, 3.8) is 0 Å². The van der Waals surface area contributed by atoms with Crippen molar-refractivity contribution in [2.75, 3.05) is 26.8 Å². The Balaban J connectivity index is 1.86. The first-order valence-electron chi connectivity index (χ1n) is 6.21. The van der Waals surface area contributed by atoms with Crippen molar-refractivity contribution in [1.29, 1.82) is 0 Å². The highest BCUT2D eigenvalue weighted by molar-refractivity contribution is 5.89. The smallest absolute Gasteiger partial charge is 0.307 e. The lowest BCUT2D eigenvalue weighted by Gasteiger charge is -2.35. The summed E-state index contributed by atoms with van der Waals surface area (Å²) in [6.45, 7) is 1.25. The second-order valence-electron chi connectivity index (χ2n) is 5.32. The zero-order chi connectivity index (χ0) is 13.3. The number of amides is 1. The van der Waals surface area contributed by atoms with Crippen molar-refractivity contribution in [3.8, 4) is 0 Å². The second-order valence-corrected chi connectivity index (χ2v) is 5.32. The lowest BCUT2D eigenvalue weighted by Crippen LogP contribution is -2.47. The van der Waals surface area contributed by atoms with E-state index in [2.05, 4.69) is 0 Å². The molecule has 0 radical (unpaired) electrons. The van der Waals surface area contributed by atoms with Crippen LogP contribution in [0.25, 0.3) is 0 Å². The molecule has 1 saturated carbocycles. The number of aliphatic carboxylic acids is 1. The number of hydrogen-bond donors (Lipinski definition) is 2. The summed E-state index contributed by atoms with van der Waals surface area (Å²) in [6.07, 6.45) is 1.44. The molecular weight excluding hydrogens is 238 g/mol. The second kappa shape index (κ2) is 4.85. The van der Waals surface area contributed by atoms with Crippen LogP contribution in [0, 0.1) is 11.8 Å². The van der Waals surface area contributed by atoms with Crippen LogP contribution in [0.2, 0.25) is 0 Å². The van der Waals surface area contributed by atoms with E-state index in [1.807, 2.05) is 0 Å². The maximum absolute atomic E-state index is 12.0. The van der Waals surface area contributed by atoms with Gasteiger partial charge < -0.3 is 19.8 Å². The molecule has 2 aliphatic rings. The van der Waals surface area contributed by atoms with Gasteiger partial charge in [-0.25, -0.2) is 0 Å². The number of carboxylic acids is 1. The molecule has 1 aliphatic carbocycles. The van der Waals surface area contributed by atoms with Crippen LogP contribution in [0.4, 0.5) is 0 Å². The summed E-state index contributed by atoms with van der Waals surface area (Å²) in [7, 11) is 1.62. The molecule has 18 heavy (non-hydrogen) atoms. The molecule has 1 aliphatic heterocycles. The van der Waals surface area contributed by atoms with Gasteiger partial charge in [-0.05, 0) is 6.42 Å². The SMILES string of the molecule is CN(CC1(O)CCOCC1)C(=O)[C@@H]1C[C@@H]1C(=O)O. The van der Waals surface area contributed by atoms with Gasteiger partial charge in [0, 0.05) is 39.6 Å². The van der Waals surface area contributed by atoms with Crippen LogP contribution in [-0.4, -0.2) is 59.4 Å². The minimum absolute atomic E-state index is 0.178. The molecular formula is C12H19NO5. The molecule has 0 aromatic carbocycles. The van der Waals surface area contributed by atoms with E-state index in [0.29, 0.717) is 32.5 Å². The highest BCUT2D eigenvalue weighted by atomic mass is 16.5. The van der Waals surface area contributed by atoms with Gasteiger partial charge in [-0.1, -0.05) is 0 Å². The van der Waals surface area contributed by atoms with E-state index in [9.17, 15) is 14.7 Å². The largest absolute Gasteiger partial charge is 0.481 e. The Hall–Kier alpha value is -1.14. The van der Waals surface area contributed by atoms with Gasteiger partial charge in [0.05, 0.1) is 17.4 Å². The fourth-order valence-corrected chi connectivity index (χ4v) is 2.45. The topological polar surface area (TPSA) is 87.1 Å². The Morgan fingerprint density at radius 2 is 1.94 bits per heavy atom. The number of carbonyl (C=O) groups is 2. The first-order valence-corrected chi connectivity index (χ1v) is 6.21. The maximum atomic E-state index is 12.0. The Bertz CT molecular complexity index is 350. The molecule has 0 aromatic heterocycles. The van der Waals surface area contributed by atoms with E-state index in [1.54, 1.807) is 7.05 Å². The molecule has 2 rings (SSSR count). The molecule has 0 spiro atoms. The standard InChI is InChI=1S/C12H19NO5/c1-13(7-12(17)2-4-18-5-3-12)10(14)8-6-9(8)11(15)16/h8-9,17H,2-7H2,1H3,(H,15,16)/t8-,9+/m1/s1. The Morgan fingerprint density at radius 1 is 1.33 bits per heavy atom. The molecule has 1 amide bonds. The molecule has 0 bridgehead atoms. The molecule has 102 valence electrons. The Labute approximate surface area is 106 Å². The third-order valence-corrected chi connectivity index (χ3v) is 3.76. The van der Waals surface area contributed by atoms with Crippen LogP contribution in [-0.2, 0) is 14.3 Å². The van der Waals surface area contributed by atoms with E-state index in [0.717, 1.165) is 0 Å². The maximum Gasteiger partial charge on any atom is 0.307 e. The fourth-order valence-electron chi connectivity index (χ4n) is 2.45. The number of ether oxygens (including phenoxy) is 1. The zero-order valence-corrected chi connectivity index (χ0v) is 10.5. The van der Waals surface area contributed by atoms with Crippen LogP contribution < -0.4 is 0 Å².